The number of rotatable bonds is 7. The van der Waals surface area contributed by atoms with E-state index in [4.69, 9.17) is 9.97 Å². The average Bonchev–Trinajstić information content (AvgIpc) is 3.92. The van der Waals surface area contributed by atoms with Gasteiger partial charge in [-0.3, -0.25) is 0 Å². The van der Waals surface area contributed by atoms with Crippen molar-refractivity contribution >= 4 is 43.6 Å². The molecule has 9 aromatic carbocycles. The largest absolute Gasteiger partial charge is 0.309 e. The molecule has 0 fully saturated rings. The van der Waals surface area contributed by atoms with Crippen molar-refractivity contribution in [3.05, 3.63) is 229 Å². The molecule has 0 bridgehead atoms. The highest BCUT2D eigenvalue weighted by Gasteiger charge is 2.18. The molecule has 0 N–H and O–H groups in total. The first kappa shape index (κ1) is 39.7. The van der Waals surface area contributed by atoms with Gasteiger partial charge in [0.1, 0.15) is 0 Å². The lowest BCUT2D eigenvalue weighted by Gasteiger charge is -2.12. The van der Waals surface area contributed by atoms with Crippen molar-refractivity contribution < 1.29 is 0 Å². The monoisotopic (exact) mass is 865 g/mol. The summed E-state index contributed by atoms with van der Waals surface area (Å²) in [5.74, 6) is 0.664. The zero-order valence-corrected chi connectivity index (χ0v) is 36.3. The fourth-order valence-corrected chi connectivity index (χ4v) is 9.58. The molecule has 0 saturated carbocycles. The van der Waals surface area contributed by atoms with Gasteiger partial charge in [-0.15, -0.1) is 0 Å². The van der Waals surface area contributed by atoms with Crippen LogP contribution in [0.2, 0.25) is 0 Å². The molecule has 3 aromatic heterocycles. The van der Waals surface area contributed by atoms with Crippen LogP contribution in [0.15, 0.2) is 212 Å². The minimum absolute atomic E-state index is 0.573. The number of hydrogen-bond acceptors (Lipinski definition) is 5. The maximum absolute atomic E-state index is 10.5. The van der Waals surface area contributed by atoms with Crippen LogP contribution in [0.5, 0.6) is 0 Å². The molecule has 12 aromatic rings. The highest BCUT2D eigenvalue weighted by Crippen LogP contribution is 2.39. The van der Waals surface area contributed by atoms with Crippen LogP contribution in [0.4, 0.5) is 0 Å². The molecule has 3 heterocycles. The van der Waals surface area contributed by atoms with Gasteiger partial charge in [-0.25, -0.2) is 9.97 Å². The summed E-state index contributed by atoms with van der Waals surface area (Å²) in [4.78, 5) is 9.93. The summed E-state index contributed by atoms with van der Waals surface area (Å²) in [6.45, 7) is 0. The molecule has 0 atom stereocenters. The lowest BCUT2D eigenvalue weighted by atomic mass is 9.94. The van der Waals surface area contributed by atoms with E-state index in [1.165, 1.54) is 0 Å². The maximum Gasteiger partial charge on any atom is 0.160 e. The molecular weight excluding hydrogens is 831 g/mol. The third kappa shape index (κ3) is 6.74. The Kier molecular flexibility index (Phi) is 9.51. The van der Waals surface area contributed by atoms with Crippen LogP contribution in [-0.4, -0.2) is 19.1 Å². The van der Waals surface area contributed by atoms with Gasteiger partial charge in [0, 0.05) is 49.6 Å². The van der Waals surface area contributed by atoms with Gasteiger partial charge in [0.15, 0.2) is 5.82 Å². The Bertz CT molecular complexity index is 3960. The van der Waals surface area contributed by atoms with E-state index >= 15 is 0 Å². The summed E-state index contributed by atoms with van der Waals surface area (Å²) in [5.41, 5.74) is 16.2. The molecule has 7 heteroatoms. The van der Waals surface area contributed by atoms with Crippen LogP contribution in [0.25, 0.3) is 111 Å². The number of nitrogens with zero attached hydrogens (tertiary/aromatic N) is 7. The summed E-state index contributed by atoms with van der Waals surface area (Å²) in [6.07, 6.45) is 0. The number of nitriles is 3. The maximum atomic E-state index is 10.5. The number of fused-ring (bicyclic) bond motifs is 6. The fraction of sp³-hybridized carbons (Fsp3) is 0. The van der Waals surface area contributed by atoms with Gasteiger partial charge in [0.2, 0.25) is 0 Å². The Morgan fingerprint density at radius 3 is 1.44 bits per heavy atom. The van der Waals surface area contributed by atoms with E-state index in [1.54, 1.807) is 0 Å². The lowest BCUT2D eigenvalue weighted by molar-refractivity contribution is 1.16. The van der Waals surface area contributed by atoms with E-state index in [-0.39, 0.29) is 0 Å². The van der Waals surface area contributed by atoms with Crippen molar-refractivity contribution in [1.82, 2.24) is 19.1 Å². The van der Waals surface area contributed by atoms with E-state index < -0.39 is 0 Å². The third-order valence-electron chi connectivity index (χ3n) is 12.9. The molecule has 0 amide bonds. The lowest BCUT2D eigenvalue weighted by Crippen LogP contribution is -1.96. The van der Waals surface area contributed by atoms with E-state index in [0.29, 0.717) is 22.5 Å². The summed E-state index contributed by atoms with van der Waals surface area (Å²) >= 11 is 0. The number of para-hydroxylation sites is 1. The third-order valence-corrected chi connectivity index (χ3v) is 12.9. The Hall–Kier alpha value is -9.87. The van der Waals surface area contributed by atoms with Crippen molar-refractivity contribution in [1.29, 1.82) is 15.8 Å². The second-order valence-electron chi connectivity index (χ2n) is 16.8. The van der Waals surface area contributed by atoms with E-state index in [0.717, 1.165) is 105 Å². The average molecular weight is 866 g/mol. The second-order valence-corrected chi connectivity index (χ2v) is 16.8. The van der Waals surface area contributed by atoms with Crippen molar-refractivity contribution in [3.63, 3.8) is 0 Å². The molecule has 0 radical (unpaired) electrons. The van der Waals surface area contributed by atoms with Gasteiger partial charge in [0.25, 0.3) is 0 Å². The first-order valence-electron chi connectivity index (χ1n) is 22.2. The Labute approximate surface area is 391 Å². The smallest absolute Gasteiger partial charge is 0.160 e. The minimum Gasteiger partial charge on any atom is -0.309 e. The van der Waals surface area contributed by atoms with Gasteiger partial charge in [-0.1, -0.05) is 127 Å². The summed E-state index contributed by atoms with van der Waals surface area (Å²) in [6, 6.07) is 78.5. The quantitative estimate of drug-likeness (QED) is 0.159. The first-order chi connectivity index (χ1) is 33.5. The van der Waals surface area contributed by atoms with Crippen molar-refractivity contribution in [2.75, 3.05) is 0 Å². The van der Waals surface area contributed by atoms with Crippen LogP contribution in [0, 0.1) is 34.0 Å². The van der Waals surface area contributed by atoms with E-state index in [9.17, 15) is 15.8 Å². The van der Waals surface area contributed by atoms with Gasteiger partial charge >= 0.3 is 0 Å². The summed E-state index contributed by atoms with van der Waals surface area (Å²) in [7, 11) is 0. The normalized spacial score (nSPS) is 11.2. The molecule has 314 valence electrons. The molecule has 0 aliphatic heterocycles. The molecule has 0 aliphatic carbocycles. The van der Waals surface area contributed by atoms with Gasteiger partial charge in [0.05, 0.1) is 68.4 Å². The number of hydrogen-bond donors (Lipinski definition) is 0. The summed E-state index contributed by atoms with van der Waals surface area (Å²) in [5, 5.41) is 34.0. The van der Waals surface area contributed by atoms with Gasteiger partial charge in [-0.05, 0) is 107 Å². The first-order valence-corrected chi connectivity index (χ1v) is 22.2. The standard InChI is InChI=1S/C61H35N7/c62-36-39-15-28-58-52(31-39)53-32-40(37-63)16-29-59(53)68(58)49-26-30-60-54(34-49)51-13-7-8-14-57(51)67(60)48-24-21-41(22-25-48)46-23-27-50(47(33-46)38-64)42-17-19-44(20-18-42)56-35-55(43-9-3-1-4-10-43)65-61(66-56)45-11-5-2-6-12-45/h1-35H. The molecule has 68 heavy (non-hydrogen) atoms. The molecular formula is C61H35N7. The van der Waals surface area contributed by atoms with Crippen LogP contribution < -0.4 is 0 Å². The molecule has 0 aliphatic rings. The second kappa shape index (κ2) is 16.3. The zero-order valence-electron chi connectivity index (χ0n) is 36.3. The topological polar surface area (TPSA) is 107 Å². The van der Waals surface area contributed by atoms with Crippen LogP contribution in [-0.2, 0) is 0 Å². The predicted molar refractivity (Wildman–Crippen MR) is 272 cm³/mol. The van der Waals surface area contributed by atoms with Crippen molar-refractivity contribution in [3.8, 4) is 85.7 Å². The Morgan fingerprint density at radius 1 is 0.324 bits per heavy atom. The number of aromatic nitrogens is 4. The summed E-state index contributed by atoms with van der Waals surface area (Å²) < 4.78 is 4.51. The highest BCUT2D eigenvalue weighted by molar-refractivity contribution is 6.12. The van der Waals surface area contributed by atoms with Gasteiger partial charge in [-0.2, -0.15) is 15.8 Å². The molecule has 12 rings (SSSR count). The Morgan fingerprint density at radius 2 is 0.809 bits per heavy atom. The van der Waals surface area contributed by atoms with E-state index in [1.807, 2.05) is 103 Å². The van der Waals surface area contributed by atoms with Crippen LogP contribution in [0.1, 0.15) is 16.7 Å². The predicted octanol–water partition coefficient (Wildman–Crippen LogP) is 14.6. The molecule has 0 saturated heterocycles. The van der Waals surface area contributed by atoms with Crippen LogP contribution in [0.3, 0.4) is 0 Å². The zero-order chi connectivity index (χ0) is 45.7. The SMILES string of the molecule is N#Cc1ccc2c(c1)c1cc(C#N)ccc1n2-c1ccc2c(c1)c1ccccc1n2-c1ccc(-c2ccc(-c3ccc(-c4cc(-c5ccccc5)nc(-c5ccccc5)n4)cc3)c(C#N)c2)cc1. The number of benzene rings is 9. The highest BCUT2D eigenvalue weighted by atomic mass is 15.0. The molecule has 7 nitrogen and oxygen atoms in total. The minimum atomic E-state index is 0.573. The molecule has 0 spiro atoms. The van der Waals surface area contributed by atoms with Crippen LogP contribution >= 0.6 is 0 Å². The van der Waals surface area contributed by atoms with Gasteiger partial charge < -0.3 is 9.13 Å². The van der Waals surface area contributed by atoms with Crippen molar-refractivity contribution in [2.45, 2.75) is 0 Å². The fourth-order valence-electron chi connectivity index (χ4n) is 9.58. The van der Waals surface area contributed by atoms with Crippen molar-refractivity contribution in [2.24, 2.45) is 0 Å². The van der Waals surface area contributed by atoms with E-state index in [2.05, 4.69) is 137 Å². The molecule has 0 unspecified atom stereocenters. The Balaban J connectivity index is 0.867.